The normalized spacial score (nSPS) is 11.4. The zero-order chi connectivity index (χ0) is 22.8. The molecule has 9 heteroatoms. The Labute approximate surface area is 203 Å². The van der Waals surface area contributed by atoms with Gasteiger partial charge in [-0.05, 0) is 19.9 Å². The Morgan fingerprint density at radius 1 is 1.03 bits per heavy atom. The van der Waals surface area contributed by atoms with E-state index in [0.29, 0.717) is 5.13 Å². The maximum Gasteiger partial charge on any atom is 0.236 e. The number of hydrogen-bond donors (Lipinski definition) is 1. The molecule has 3 heterocycles. The molecule has 0 aliphatic carbocycles. The van der Waals surface area contributed by atoms with Gasteiger partial charge in [-0.1, -0.05) is 60.3 Å². The lowest BCUT2D eigenvalue weighted by molar-refractivity contribution is -0.113. The molecule has 2 aromatic carbocycles. The van der Waals surface area contributed by atoms with Gasteiger partial charge >= 0.3 is 0 Å². The van der Waals surface area contributed by atoms with Crippen molar-refractivity contribution < 1.29 is 4.79 Å². The summed E-state index contributed by atoms with van der Waals surface area (Å²) in [6.07, 6.45) is 0. The van der Waals surface area contributed by atoms with Crippen LogP contribution >= 0.6 is 34.4 Å². The summed E-state index contributed by atoms with van der Waals surface area (Å²) in [6.45, 7) is 4.21. The van der Waals surface area contributed by atoms with Crippen LogP contribution in [0.25, 0.3) is 32.7 Å². The molecule has 0 fully saturated rings. The molecule has 3 aromatic heterocycles. The maximum absolute atomic E-state index is 12.6. The summed E-state index contributed by atoms with van der Waals surface area (Å²) in [5, 5.41) is 18.4. The Bertz CT molecular complexity index is 1400. The first-order chi connectivity index (χ1) is 16.1. The van der Waals surface area contributed by atoms with Gasteiger partial charge in [0.15, 0.2) is 16.1 Å². The molecule has 33 heavy (non-hydrogen) atoms. The van der Waals surface area contributed by atoms with E-state index >= 15 is 0 Å². The zero-order valence-electron chi connectivity index (χ0n) is 18.1. The Hall–Kier alpha value is -3.01. The molecule has 166 valence electrons. The van der Waals surface area contributed by atoms with E-state index in [9.17, 15) is 4.79 Å². The molecule has 0 spiro atoms. The quantitative estimate of drug-likeness (QED) is 0.260. The Kier molecular flexibility index (Phi) is 6.26. The summed E-state index contributed by atoms with van der Waals surface area (Å²) in [5.74, 6) is 0.947. The molecule has 0 saturated heterocycles. The molecular weight excluding hydrogens is 470 g/mol. The number of rotatable bonds is 7. The number of nitrogens with one attached hydrogen (secondary N) is 1. The van der Waals surface area contributed by atoms with Crippen LogP contribution in [-0.4, -0.2) is 31.4 Å². The molecule has 0 unspecified atom stereocenters. The monoisotopic (exact) mass is 491 g/mol. The predicted molar refractivity (Wildman–Crippen MR) is 138 cm³/mol. The van der Waals surface area contributed by atoms with Crippen LogP contribution in [0.5, 0.6) is 0 Å². The maximum atomic E-state index is 12.6. The number of anilines is 1. The van der Waals surface area contributed by atoms with E-state index in [4.69, 9.17) is 0 Å². The largest absolute Gasteiger partial charge is 0.301 e. The van der Waals surface area contributed by atoms with Gasteiger partial charge in [0.25, 0.3) is 0 Å². The summed E-state index contributed by atoms with van der Waals surface area (Å²) < 4.78 is 3.32. The van der Waals surface area contributed by atoms with Crippen molar-refractivity contribution in [2.45, 2.75) is 25.0 Å². The molecule has 0 radical (unpaired) electrons. The van der Waals surface area contributed by atoms with Gasteiger partial charge < -0.3 is 5.32 Å². The van der Waals surface area contributed by atoms with Gasteiger partial charge in [0.2, 0.25) is 5.91 Å². The van der Waals surface area contributed by atoms with E-state index in [1.165, 1.54) is 33.2 Å². The van der Waals surface area contributed by atoms with E-state index in [1.807, 2.05) is 47.8 Å². The minimum absolute atomic E-state index is 0.116. The third-order valence-electron chi connectivity index (χ3n) is 5.06. The fourth-order valence-corrected chi connectivity index (χ4v) is 6.08. The molecule has 5 aromatic rings. The highest BCUT2D eigenvalue weighted by Gasteiger charge is 2.20. The lowest BCUT2D eigenvalue weighted by Crippen LogP contribution is -2.15. The number of nitrogens with zero attached hydrogens (tertiary/aromatic N) is 4. The second-order valence-electron chi connectivity index (χ2n) is 7.66. The van der Waals surface area contributed by atoms with Crippen molar-refractivity contribution in [2.75, 3.05) is 11.1 Å². The van der Waals surface area contributed by atoms with Crippen molar-refractivity contribution in [3.63, 3.8) is 0 Å². The van der Waals surface area contributed by atoms with Crippen molar-refractivity contribution in [3.8, 4) is 22.6 Å². The number of thiazole rings is 1. The van der Waals surface area contributed by atoms with Gasteiger partial charge in [-0.2, -0.15) is 0 Å². The first-order valence-electron chi connectivity index (χ1n) is 10.5. The smallest absolute Gasteiger partial charge is 0.236 e. The van der Waals surface area contributed by atoms with Crippen LogP contribution in [0.1, 0.15) is 19.9 Å². The lowest BCUT2D eigenvalue weighted by Gasteiger charge is -2.13. The Balaban J connectivity index is 1.30. The fraction of sp³-hybridized carbons (Fsp3) is 0.167. The zero-order valence-corrected chi connectivity index (χ0v) is 20.5. The topological polar surface area (TPSA) is 72.7 Å². The summed E-state index contributed by atoms with van der Waals surface area (Å²) in [6, 6.07) is 18.4. The van der Waals surface area contributed by atoms with E-state index in [1.54, 1.807) is 11.3 Å². The number of carbonyl (C=O) groups is 1. The van der Waals surface area contributed by atoms with Crippen LogP contribution in [0.15, 0.2) is 70.5 Å². The van der Waals surface area contributed by atoms with Crippen LogP contribution < -0.4 is 5.32 Å². The lowest BCUT2D eigenvalue weighted by atomic mass is 10.1. The second-order valence-corrected chi connectivity index (χ2v) is 10.4. The predicted octanol–water partition coefficient (Wildman–Crippen LogP) is 6.60. The molecule has 0 aliphatic heterocycles. The number of carbonyl (C=O) groups excluding carboxylic acids is 1. The van der Waals surface area contributed by atoms with Crippen molar-refractivity contribution in [1.29, 1.82) is 0 Å². The first-order valence-corrected chi connectivity index (χ1v) is 13.2. The minimum atomic E-state index is -0.116. The summed E-state index contributed by atoms with van der Waals surface area (Å²) in [4.78, 5) is 17.1. The number of aromatic nitrogens is 4. The average Bonchev–Trinajstić information content (AvgIpc) is 3.56. The van der Waals surface area contributed by atoms with Gasteiger partial charge in [-0.25, -0.2) is 4.98 Å². The molecule has 0 atom stereocenters. The van der Waals surface area contributed by atoms with Crippen molar-refractivity contribution in [1.82, 2.24) is 19.7 Å². The Morgan fingerprint density at radius 3 is 2.64 bits per heavy atom. The van der Waals surface area contributed by atoms with Crippen LogP contribution in [0.2, 0.25) is 0 Å². The standard InChI is InChI=1S/C24H21N5OS3/c1-15(2)29-22(18-12-31-20-11-7-6-10-17(18)20)27-28-24(29)33-14-21(30)26-23-25-19(13-32-23)16-8-4-3-5-9-16/h3-13,15H,14H2,1-2H3,(H,25,26,30). The van der Waals surface area contributed by atoms with Crippen molar-refractivity contribution in [3.05, 3.63) is 65.4 Å². The molecule has 5 rings (SSSR count). The van der Waals surface area contributed by atoms with Crippen LogP contribution in [-0.2, 0) is 4.79 Å². The van der Waals surface area contributed by atoms with Crippen LogP contribution in [0.3, 0.4) is 0 Å². The van der Waals surface area contributed by atoms with E-state index in [-0.39, 0.29) is 17.7 Å². The SMILES string of the molecule is CC(C)n1c(SCC(=O)Nc2nc(-c3ccccc3)cs2)nnc1-c1csc2ccccc12. The first kappa shape index (κ1) is 21.8. The van der Waals surface area contributed by atoms with E-state index in [2.05, 4.69) is 56.4 Å². The molecule has 0 saturated carbocycles. The van der Waals surface area contributed by atoms with Gasteiger partial charge in [0, 0.05) is 38.0 Å². The third-order valence-corrected chi connectivity index (χ3v) is 7.72. The molecular formula is C24H21N5OS3. The number of fused-ring (bicyclic) bond motifs is 1. The highest BCUT2D eigenvalue weighted by molar-refractivity contribution is 7.99. The van der Waals surface area contributed by atoms with Crippen molar-refractivity contribution in [2.24, 2.45) is 0 Å². The molecule has 0 bridgehead atoms. The van der Waals surface area contributed by atoms with Gasteiger partial charge in [0.1, 0.15) is 0 Å². The number of thiophene rings is 1. The van der Waals surface area contributed by atoms with E-state index < -0.39 is 0 Å². The summed E-state index contributed by atoms with van der Waals surface area (Å²) in [7, 11) is 0. The highest BCUT2D eigenvalue weighted by Crippen LogP contribution is 2.36. The van der Waals surface area contributed by atoms with Gasteiger partial charge in [-0.15, -0.1) is 32.9 Å². The van der Waals surface area contributed by atoms with Gasteiger partial charge in [-0.3, -0.25) is 9.36 Å². The van der Waals surface area contributed by atoms with Crippen LogP contribution in [0, 0.1) is 0 Å². The molecule has 1 N–H and O–H groups in total. The second kappa shape index (κ2) is 9.46. The molecule has 1 amide bonds. The van der Waals surface area contributed by atoms with Crippen LogP contribution in [0.4, 0.5) is 5.13 Å². The number of benzene rings is 2. The summed E-state index contributed by atoms with van der Waals surface area (Å²) in [5.41, 5.74) is 2.96. The number of hydrogen-bond acceptors (Lipinski definition) is 7. The Morgan fingerprint density at radius 2 is 1.82 bits per heavy atom. The molecule has 6 nitrogen and oxygen atoms in total. The molecule has 0 aliphatic rings. The number of amides is 1. The summed E-state index contributed by atoms with van der Waals surface area (Å²) >= 11 is 4.51. The number of thioether (sulfide) groups is 1. The third kappa shape index (κ3) is 4.57. The fourth-order valence-electron chi connectivity index (χ4n) is 3.53. The van der Waals surface area contributed by atoms with E-state index in [0.717, 1.165) is 27.8 Å². The highest BCUT2D eigenvalue weighted by atomic mass is 32.2. The minimum Gasteiger partial charge on any atom is -0.301 e. The van der Waals surface area contributed by atoms with Crippen molar-refractivity contribution >= 4 is 55.6 Å². The average molecular weight is 492 g/mol. The van der Waals surface area contributed by atoms with Gasteiger partial charge in [0.05, 0.1) is 11.4 Å².